The van der Waals surface area contributed by atoms with E-state index in [1.165, 1.54) is 0 Å². The molecule has 1 N–H and O–H groups in total. The van der Waals surface area contributed by atoms with Crippen LogP contribution in [-0.4, -0.2) is 19.3 Å². The van der Waals surface area contributed by atoms with Crippen molar-refractivity contribution in [2.24, 2.45) is 0 Å². The van der Waals surface area contributed by atoms with Crippen LogP contribution >= 0.6 is 0 Å². The predicted molar refractivity (Wildman–Crippen MR) is 88.4 cm³/mol. The summed E-state index contributed by atoms with van der Waals surface area (Å²) in [5, 5.41) is 11.5. The van der Waals surface area contributed by atoms with Gasteiger partial charge in [0.25, 0.3) is 0 Å². The van der Waals surface area contributed by atoms with Crippen molar-refractivity contribution in [2.45, 2.75) is 6.61 Å². The molecule has 3 aromatic rings. The Hall–Kier alpha value is -2.52. The summed E-state index contributed by atoms with van der Waals surface area (Å²) in [6, 6.07) is 18.2. The molecule has 0 bridgehead atoms. The minimum Gasteiger partial charge on any atom is -0.493 e. The maximum Gasteiger partial charge on any atom is 0.161 e. The van der Waals surface area contributed by atoms with Crippen LogP contribution in [-0.2, 0) is 6.61 Å². The molecular weight excluding hydrogens is 276 g/mol. The van der Waals surface area contributed by atoms with Crippen molar-refractivity contribution in [3.05, 3.63) is 60.2 Å². The Morgan fingerprint density at radius 1 is 0.727 bits per heavy atom. The van der Waals surface area contributed by atoms with E-state index >= 15 is 0 Å². The normalized spacial score (nSPS) is 10.7. The van der Waals surface area contributed by atoms with Gasteiger partial charge in [-0.15, -0.1) is 0 Å². The predicted octanol–water partition coefficient (Wildman–Crippen LogP) is 4.02. The number of aliphatic hydroxyl groups is 1. The molecule has 0 unspecified atom stereocenters. The summed E-state index contributed by atoms with van der Waals surface area (Å²) in [4.78, 5) is 0. The Labute approximate surface area is 129 Å². The third-order valence-corrected chi connectivity index (χ3v) is 3.80. The first-order chi connectivity index (χ1) is 10.7. The Kier molecular flexibility index (Phi) is 3.98. The van der Waals surface area contributed by atoms with E-state index in [-0.39, 0.29) is 6.61 Å². The van der Waals surface area contributed by atoms with Crippen LogP contribution in [0.25, 0.3) is 21.9 Å². The van der Waals surface area contributed by atoms with Gasteiger partial charge < -0.3 is 14.6 Å². The minimum atomic E-state index is 0.0629. The molecule has 0 saturated heterocycles. The molecule has 3 heteroatoms. The van der Waals surface area contributed by atoms with Crippen molar-refractivity contribution in [2.75, 3.05) is 14.2 Å². The van der Waals surface area contributed by atoms with Gasteiger partial charge in [0.1, 0.15) is 0 Å². The van der Waals surface area contributed by atoms with E-state index in [1.54, 1.807) is 14.2 Å². The van der Waals surface area contributed by atoms with Gasteiger partial charge in [-0.3, -0.25) is 0 Å². The van der Waals surface area contributed by atoms with Crippen LogP contribution < -0.4 is 9.47 Å². The monoisotopic (exact) mass is 294 g/mol. The summed E-state index contributed by atoms with van der Waals surface area (Å²) in [5.74, 6) is 1.44. The van der Waals surface area contributed by atoms with E-state index in [0.717, 1.165) is 39.0 Å². The highest BCUT2D eigenvalue weighted by Crippen LogP contribution is 2.33. The van der Waals surface area contributed by atoms with Crippen molar-refractivity contribution in [1.82, 2.24) is 0 Å². The molecule has 3 aromatic carbocycles. The molecule has 0 saturated carbocycles. The van der Waals surface area contributed by atoms with Crippen molar-refractivity contribution >= 4 is 10.8 Å². The molecule has 22 heavy (non-hydrogen) atoms. The summed E-state index contributed by atoms with van der Waals surface area (Å²) in [7, 11) is 3.27. The Morgan fingerprint density at radius 2 is 1.36 bits per heavy atom. The van der Waals surface area contributed by atoms with E-state index in [1.807, 2.05) is 36.4 Å². The maximum atomic E-state index is 9.21. The smallest absolute Gasteiger partial charge is 0.161 e. The van der Waals surface area contributed by atoms with Crippen LogP contribution in [0.15, 0.2) is 54.6 Å². The van der Waals surface area contributed by atoms with Crippen LogP contribution in [0.2, 0.25) is 0 Å². The van der Waals surface area contributed by atoms with Gasteiger partial charge in [-0.2, -0.15) is 0 Å². The van der Waals surface area contributed by atoms with Crippen LogP contribution in [0.4, 0.5) is 0 Å². The van der Waals surface area contributed by atoms with Gasteiger partial charge in [-0.1, -0.05) is 30.3 Å². The van der Waals surface area contributed by atoms with E-state index in [4.69, 9.17) is 9.47 Å². The SMILES string of the molecule is COc1ccc(-c2ccc3cc(CO)ccc3c2)cc1OC. The molecule has 112 valence electrons. The highest BCUT2D eigenvalue weighted by atomic mass is 16.5. The second kappa shape index (κ2) is 6.08. The number of benzene rings is 3. The largest absolute Gasteiger partial charge is 0.493 e. The summed E-state index contributed by atoms with van der Waals surface area (Å²) < 4.78 is 10.6. The highest BCUT2D eigenvalue weighted by molar-refractivity contribution is 5.88. The zero-order valence-electron chi connectivity index (χ0n) is 12.7. The average molecular weight is 294 g/mol. The molecule has 0 heterocycles. The zero-order valence-corrected chi connectivity index (χ0v) is 12.7. The second-order valence-electron chi connectivity index (χ2n) is 5.12. The van der Waals surface area contributed by atoms with E-state index in [2.05, 4.69) is 18.2 Å². The molecule has 0 fully saturated rings. The van der Waals surface area contributed by atoms with Gasteiger partial charge in [-0.25, -0.2) is 0 Å². The molecule has 0 aliphatic carbocycles. The molecule has 3 nitrogen and oxygen atoms in total. The fourth-order valence-corrected chi connectivity index (χ4v) is 2.59. The summed E-state index contributed by atoms with van der Waals surface area (Å²) in [5.41, 5.74) is 3.11. The van der Waals surface area contributed by atoms with Crippen molar-refractivity contribution in [3.8, 4) is 22.6 Å². The quantitative estimate of drug-likeness (QED) is 0.790. The lowest BCUT2D eigenvalue weighted by atomic mass is 10.00. The number of hydrogen-bond donors (Lipinski definition) is 1. The van der Waals surface area contributed by atoms with Crippen molar-refractivity contribution in [1.29, 1.82) is 0 Å². The van der Waals surface area contributed by atoms with Gasteiger partial charge >= 0.3 is 0 Å². The van der Waals surface area contributed by atoms with Crippen LogP contribution in [0.5, 0.6) is 11.5 Å². The molecule has 0 aliphatic heterocycles. The number of fused-ring (bicyclic) bond motifs is 1. The molecule has 0 atom stereocenters. The van der Waals surface area contributed by atoms with Crippen LogP contribution in [0, 0.1) is 0 Å². The van der Waals surface area contributed by atoms with Crippen LogP contribution in [0.1, 0.15) is 5.56 Å². The lowest BCUT2D eigenvalue weighted by molar-refractivity contribution is 0.282. The van der Waals surface area contributed by atoms with Crippen molar-refractivity contribution < 1.29 is 14.6 Å². The van der Waals surface area contributed by atoms with Gasteiger partial charge in [-0.05, 0) is 51.7 Å². The molecule has 0 aromatic heterocycles. The molecule has 0 amide bonds. The molecule has 0 radical (unpaired) electrons. The molecule has 0 aliphatic rings. The maximum absolute atomic E-state index is 9.21. The van der Waals surface area contributed by atoms with Gasteiger partial charge in [0, 0.05) is 0 Å². The van der Waals surface area contributed by atoms with E-state index in [9.17, 15) is 5.11 Å². The Balaban J connectivity index is 2.06. The number of methoxy groups -OCH3 is 2. The number of rotatable bonds is 4. The summed E-state index contributed by atoms with van der Waals surface area (Å²) >= 11 is 0. The lowest BCUT2D eigenvalue weighted by Gasteiger charge is -2.10. The first kappa shape index (κ1) is 14.4. The van der Waals surface area contributed by atoms with Crippen molar-refractivity contribution in [3.63, 3.8) is 0 Å². The highest BCUT2D eigenvalue weighted by Gasteiger charge is 2.07. The molecule has 0 spiro atoms. The summed E-state index contributed by atoms with van der Waals surface area (Å²) in [6.45, 7) is 0.0629. The lowest BCUT2D eigenvalue weighted by Crippen LogP contribution is -1.91. The fraction of sp³-hybridized carbons (Fsp3) is 0.158. The molecule has 3 rings (SSSR count). The fourth-order valence-electron chi connectivity index (χ4n) is 2.59. The summed E-state index contributed by atoms with van der Waals surface area (Å²) in [6.07, 6.45) is 0. The number of hydrogen-bond acceptors (Lipinski definition) is 3. The first-order valence-corrected chi connectivity index (χ1v) is 7.11. The third-order valence-electron chi connectivity index (χ3n) is 3.80. The van der Waals surface area contributed by atoms with Gasteiger partial charge in [0.05, 0.1) is 20.8 Å². The Bertz CT molecular complexity index is 809. The van der Waals surface area contributed by atoms with E-state index in [0.29, 0.717) is 0 Å². The van der Waals surface area contributed by atoms with Gasteiger partial charge in [0.15, 0.2) is 11.5 Å². The zero-order chi connectivity index (χ0) is 15.5. The van der Waals surface area contributed by atoms with Crippen LogP contribution in [0.3, 0.4) is 0 Å². The second-order valence-corrected chi connectivity index (χ2v) is 5.12. The molecular formula is C19H18O3. The topological polar surface area (TPSA) is 38.7 Å². The minimum absolute atomic E-state index is 0.0629. The van der Waals surface area contributed by atoms with E-state index < -0.39 is 0 Å². The number of aliphatic hydroxyl groups excluding tert-OH is 1. The standard InChI is InChI=1S/C19H18O3/c1-21-18-8-7-17(11-19(18)22-2)16-6-5-14-9-13(12-20)3-4-15(14)10-16/h3-11,20H,12H2,1-2H3. The Morgan fingerprint density at radius 3 is 2.09 bits per heavy atom. The van der Waals surface area contributed by atoms with Gasteiger partial charge in [0.2, 0.25) is 0 Å². The first-order valence-electron chi connectivity index (χ1n) is 7.11. The third kappa shape index (κ3) is 2.63. The average Bonchev–Trinajstić information content (AvgIpc) is 2.60. The number of ether oxygens (including phenoxy) is 2.